The zero-order valence-corrected chi connectivity index (χ0v) is 9.57. The zero-order valence-electron chi connectivity index (χ0n) is 9.57. The number of aromatic nitrogens is 2. The number of nitrogens with zero attached hydrogens (tertiary/aromatic N) is 2. The van der Waals surface area contributed by atoms with Gasteiger partial charge in [0, 0.05) is 18.2 Å². The second-order valence-corrected chi connectivity index (χ2v) is 3.84. The minimum atomic E-state index is -0.368. The third-order valence-corrected chi connectivity index (χ3v) is 2.63. The van der Waals surface area contributed by atoms with Gasteiger partial charge in [-0.25, -0.2) is 4.98 Å². The van der Waals surface area contributed by atoms with E-state index in [9.17, 15) is 9.59 Å². The lowest BCUT2D eigenvalue weighted by Gasteiger charge is -2.15. The van der Waals surface area contributed by atoms with Gasteiger partial charge in [0.25, 0.3) is 0 Å². The fourth-order valence-electron chi connectivity index (χ4n) is 1.87. The van der Waals surface area contributed by atoms with Crippen LogP contribution in [0.5, 0.6) is 0 Å². The molecule has 0 fully saturated rings. The maximum Gasteiger partial charge on any atom is 0.197 e. The molecule has 0 bridgehead atoms. The van der Waals surface area contributed by atoms with Crippen LogP contribution in [0.2, 0.25) is 0 Å². The van der Waals surface area contributed by atoms with E-state index in [0.717, 1.165) is 17.2 Å². The van der Waals surface area contributed by atoms with Gasteiger partial charge in [-0.2, -0.15) is 0 Å². The number of ketones is 1. The first-order valence-electron chi connectivity index (χ1n) is 4.97. The summed E-state index contributed by atoms with van der Waals surface area (Å²) in [5, 5.41) is 0. The van der Waals surface area contributed by atoms with E-state index in [0.29, 0.717) is 6.29 Å². The highest BCUT2D eigenvalue weighted by Crippen LogP contribution is 2.18. The summed E-state index contributed by atoms with van der Waals surface area (Å²) in [5.41, 5.74) is 2.02. The number of imidazole rings is 1. The second kappa shape index (κ2) is 4.38. The van der Waals surface area contributed by atoms with E-state index >= 15 is 0 Å². The third kappa shape index (κ3) is 2.32. The Morgan fingerprint density at radius 2 is 2.07 bits per heavy atom. The fourth-order valence-corrected chi connectivity index (χ4v) is 1.87. The number of Topliss-reactive ketones (excluding diaryl/α,β-unsaturated/α-hetero) is 1. The van der Waals surface area contributed by atoms with Crippen molar-refractivity contribution in [3.8, 4) is 0 Å². The molecule has 4 nitrogen and oxygen atoms in total. The number of carbonyl (C=O) groups excluding carboxylic acids is 2. The van der Waals surface area contributed by atoms with Crippen molar-refractivity contribution >= 4 is 12.1 Å². The molecule has 0 radical (unpaired) electrons. The van der Waals surface area contributed by atoms with E-state index in [-0.39, 0.29) is 18.2 Å². The van der Waals surface area contributed by atoms with Crippen LogP contribution < -0.4 is 0 Å². The van der Waals surface area contributed by atoms with E-state index in [1.807, 2.05) is 32.3 Å². The van der Waals surface area contributed by atoms with Crippen molar-refractivity contribution in [2.45, 2.75) is 40.2 Å². The van der Waals surface area contributed by atoms with Crippen LogP contribution in [0.4, 0.5) is 0 Å². The molecule has 0 aliphatic rings. The molecule has 4 heteroatoms. The molecule has 0 amide bonds. The van der Waals surface area contributed by atoms with E-state index in [1.165, 1.54) is 0 Å². The summed E-state index contributed by atoms with van der Waals surface area (Å²) in [7, 11) is 0. The highest BCUT2D eigenvalue weighted by Gasteiger charge is 2.15. The molecule has 0 N–H and O–H groups in total. The molecule has 1 aromatic rings. The standard InChI is InChI=1S/C11H16N2O2/c1-7(5-11(15)6-14)13-9(3)8(2)12-10(13)4/h6-7H,5H2,1-4H3. The lowest BCUT2D eigenvalue weighted by molar-refractivity contribution is -0.130. The van der Waals surface area contributed by atoms with Crippen LogP contribution >= 0.6 is 0 Å². The van der Waals surface area contributed by atoms with Crippen molar-refractivity contribution in [1.82, 2.24) is 9.55 Å². The van der Waals surface area contributed by atoms with Gasteiger partial charge >= 0.3 is 0 Å². The Morgan fingerprint density at radius 1 is 1.47 bits per heavy atom. The van der Waals surface area contributed by atoms with Gasteiger partial charge < -0.3 is 4.57 Å². The van der Waals surface area contributed by atoms with Gasteiger partial charge in [0.2, 0.25) is 0 Å². The van der Waals surface area contributed by atoms with E-state index in [4.69, 9.17) is 0 Å². The first kappa shape index (κ1) is 11.6. The number of aryl methyl sites for hydroxylation is 2. The van der Waals surface area contributed by atoms with Crippen LogP contribution in [-0.4, -0.2) is 21.6 Å². The molecule has 0 saturated carbocycles. The minimum absolute atomic E-state index is 0.0103. The van der Waals surface area contributed by atoms with Crippen LogP contribution in [0.3, 0.4) is 0 Å². The SMILES string of the molecule is Cc1nc(C)n(C(C)CC(=O)C=O)c1C. The van der Waals surface area contributed by atoms with Gasteiger partial charge in [-0.15, -0.1) is 0 Å². The molecule has 0 saturated heterocycles. The molecule has 1 heterocycles. The van der Waals surface area contributed by atoms with Crippen LogP contribution in [0.15, 0.2) is 0 Å². The molecule has 0 aromatic carbocycles. The Labute approximate surface area is 89.3 Å². The normalized spacial score (nSPS) is 12.5. The molecule has 82 valence electrons. The largest absolute Gasteiger partial charge is 0.329 e. The highest BCUT2D eigenvalue weighted by molar-refractivity contribution is 6.24. The van der Waals surface area contributed by atoms with Gasteiger partial charge in [-0.05, 0) is 27.7 Å². The Bertz CT molecular complexity index is 394. The Kier molecular flexibility index (Phi) is 3.39. The molecule has 0 aliphatic heterocycles. The fraction of sp³-hybridized carbons (Fsp3) is 0.545. The average molecular weight is 208 g/mol. The Morgan fingerprint density at radius 3 is 2.47 bits per heavy atom. The molecule has 0 aliphatic carbocycles. The monoisotopic (exact) mass is 208 g/mol. The van der Waals surface area contributed by atoms with Crippen LogP contribution in [-0.2, 0) is 9.59 Å². The first-order chi connectivity index (χ1) is 6.97. The van der Waals surface area contributed by atoms with Crippen molar-refractivity contribution in [2.75, 3.05) is 0 Å². The summed E-state index contributed by atoms with van der Waals surface area (Å²) in [6.45, 7) is 7.73. The van der Waals surface area contributed by atoms with Crippen molar-refractivity contribution in [2.24, 2.45) is 0 Å². The molecular weight excluding hydrogens is 192 g/mol. The molecule has 0 spiro atoms. The van der Waals surface area contributed by atoms with Gasteiger partial charge in [-0.3, -0.25) is 9.59 Å². The highest BCUT2D eigenvalue weighted by atomic mass is 16.2. The van der Waals surface area contributed by atoms with Gasteiger partial charge in [0.05, 0.1) is 5.69 Å². The van der Waals surface area contributed by atoms with E-state index in [1.54, 1.807) is 0 Å². The quantitative estimate of drug-likeness (QED) is 0.557. The minimum Gasteiger partial charge on any atom is -0.329 e. The summed E-state index contributed by atoms with van der Waals surface area (Å²) in [5.74, 6) is 0.517. The maximum absolute atomic E-state index is 11.0. The van der Waals surface area contributed by atoms with Crippen LogP contribution in [0.1, 0.15) is 36.6 Å². The smallest absolute Gasteiger partial charge is 0.197 e. The van der Waals surface area contributed by atoms with Crippen molar-refractivity contribution < 1.29 is 9.59 Å². The average Bonchev–Trinajstić information content (AvgIpc) is 2.41. The molecule has 1 atom stereocenters. The molecule has 15 heavy (non-hydrogen) atoms. The number of hydrogen-bond donors (Lipinski definition) is 0. The summed E-state index contributed by atoms with van der Waals surface area (Å²) in [6, 6.07) is -0.0103. The number of hydrogen-bond acceptors (Lipinski definition) is 3. The van der Waals surface area contributed by atoms with Crippen molar-refractivity contribution in [1.29, 1.82) is 0 Å². The summed E-state index contributed by atoms with van der Waals surface area (Å²) in [6.07, 6.45) is 0.617. The molecule has 1 rings (SSSR count). The molecule has 1 unspecified atom stereocenters. The summed E-state index contributed by atoms with van der Waals surface area (Å²) in [4.78, 5) is 25.6. The predicted octanol–water partition coefficient (Wildman–Crippen LogP) is 1.53. The number of aldehydes is 1. The molecular formula is C11H16N2O2. The Hall–Kier alpha value is -1.45. The number of carbonyl (C=O) groups is 2. The van der Waals surface area contributed by atoms with Gasteiger partial charge in [-0.1, -0.05) is 0 Å². The maximum atomic E-state index is 11.0. The van der Waals surface area contributed by atoms with Gasteiger partial charge in [0.15, 0.2) is 12.1 Å². The Balaban J connectivity index is 2.95. The van der Waals surface area contributed by atoms with Crippen molar-refractivity contribution in [3.63, 3.8) is 0 Å². The van der Waals surface area contributed by atoms with Crippen LogP contribution in [0, 0.1) is 20.8 Å². The lowest BCUT2D eigenvalue weighted by Crippen LogP contribution is -2.14. The summed E-state index contributed by atoms with van der Waals surface area (Å²) < 4.78 is 2.00. The first-order valence-corrected chi connectivity index (χ1v) is 4.97. The lowest BCUT2D eigenvalue weighted by atomic mass is 10.1. The van der Waals surface area contributed by atoms with Crippen LogP contribution in [0.25, 0.3) is 0 Å². The van der Waals surface area contributed by atoms with E-state index in [2.05, 4.69) is 4.98 Å². The van der Waals surface area contributed by atoms with Gasteiger partial charge in [0.1, 0.15) is 5.82 Å². The van der Waals surface area contributed by atoms with Crippen molar-refractivity contribution in [3.05, 3.63) is 17.2 Å². The third-order valence-electron chi connectivity index (χ3n) is 2.63. The molecule has 1 aromatic heterocycles. The number of rotatable bonds is 4. The van der Waals surface area contributed by atoms with E-state index < -0.39 is 0 Å². The predicted molar refractivity (Wildman–Crippen MR) is 56.8 cm³/mol. The second-order valence-electron chi connectivity index (χ2n) is 3.84. The zero-order chi connectivity index (χ0) is 11.6. The topological polar surface area (TPSA) is 52.0 Å². The summed E-state index contributed by atoms with van der Waals surface area (Å²) >= 11 is 0.